The average Bonchev–Trinajstić information content (AvgIpc) is 3.15. The Morgan fingerprint density at radius 1 is 1.48 bits per heavy atom. The third kappa shape index (κ3) is 6.38. The van der Waals surface area contributed by atoms with Crippen LogP contribution in [0.4, 0.5) is 0 Å². The number of carbonyl (C=O) groups is 1. The number of aromatic nitrogens is 2. The molecule has 2 atom stereocenters. The zero-order chi connectivity index (χ0) is 17.0. The van der Waals surface area contributed by atoms with Crippen molar-refractivity contribution in [2.45, 2.75) is 44.8 Å². The van der Waals surface area contributed by atoms with Crippen LogP contribution >= 0.6 is 24.8 Å². The van der Waals surface area contributed by atoms with Gasteiger partial charge < -0.3 is 19.9 Å². The van der Waals surface area contributed by atoms with Crippen LogP contribution in [-0.4, -0.2) is 71.8 Å². The van der Waals surface area contributed by atoms with Crippen molar-refractivity contribution < 1.29 is 14.1 Å². The standard InChI is InChI=1S/C15H27N5O3.2ClH/c1-10(2)14-17-13(18-23-14)8-19(3)11-5-6-20(7-11)15(21)12(16)9-22-4;;/h10-12H,5-9,16H2,1-4H3;2*1H. The highest BCUT2D eigenvalue weighted by molar-refractivity contribution is 5.85. The molecule has 8 nitrogen and oxygen atoms in total. The number of rotatable bonds is 7. The molecule has 1 fully saturated rings. The highest BCUT2D eigenvalue weighted by Crippen LogP contribution is 2.18. The highest BCUT2D eigenvalue weighted by atomic mass is 35.5. The monoisotopic (exact) mass is 397 g/mol. The van der Waals surface area contributed by atoms with Crippen LogP contribution in [0.1, 0.15) is 37.9 Å². The molecule has 2 heterocycles. The second kappa shape index (κ2) is 10.9. The summed E-state index contributed by atoms with van der Waals surface area (Å²) in [6.07, 6.45) is 0.914. The number of ether oxygens (including phenoxy) is 1. The first kappa shape index (κ1) is 24.1. The molecule has 1 saturated heterocycles. The highest BCUT2D eigenvalue weighted by Gasteiger charge is 2.31. The van der Waals surface area contributed by atoms with Gasteiger partial charge in [0, 0.05) is 32.2 Å². The summed E-state index contributed by atoms with van der Waals surface area (Å²) in [5.74, 6) is 1.51. The van der Waals surface area contributed by atoms with Crippen LogP contribution in [0.3, 0.4) is 0 Å². The van der Waals surface area contributed by atoms with E-state index in [1.54, 1.807) is 12.0 Å². The smallest absolute Gasteiger partial charge is 0.241 e. The molecule has 1 aromatic heterocycles. The fraction of sp³-hybridized carbons (Fsp3) is 0.800. The molecule has 0 radical (unpaired) electrons. The van der Waals surface area contributed by atoms with Crippen LogP contribution in [0.5, 0.6) is 0 Å². The molecular formula is C15H29Cl2N5O3. The van der Waals surface area contributed by atoms with E-state index in [4.69, 9.17) is 15.0 Å². The van der Waals surface area contributed by atoms with Gasteiger partial charge in [-0.15, -0.1) is 24.8 Å². The van der Waals surface area contributed by atoms with E-state index in [-0.39, 0.29) is 49.3 Å². The van der Waals surface area contributed by atoms with E-state index >= 15 is 0 Å². The first-order chi connectivity index (χ1) is 10.9. The fourth-order valence-electron chi connectivity index (χ4n) is 2.71. The Morgan fingerprint density at radius 3 is 2.72 bits per heavy atom. The van der Waals surface area contributed by atoms with Gasteiger partial charge in [-0.25, -0.2) is 0 Å². The number of likely N-dealkylation sites (N-methyl/N-ethyl adjacent to an activating group) is 1. The summed E-state index contributed by atoms with van der Waals surface area (Å²) in [5, 5.41) is 4.01. The van der Waals surface area contributed by atoms with Crippen molar-refractivity contribution >= 4 is 30.7 Å². The number of hydrogen-bond donors (Lipinski definition) is 1. The molecule has 1 amide bonds. The second-order valence-corrected chi connectivity index (χ2v) is 6.41. The van der Waals surface area contributed by atoms with Gasteiger partial charge in [-0.05, 0) is 13.5 Å². The summed E-state index contributed by atoms with van der Waals surface area (Å²) in [7, 11) is 3.56. The van der Waals surface area contributed by atoms with E-state index < -0.39 is 6.04 Å². The molecule has 10 heteroatoms. The van der Waals surface area contributed by atoms with Crippen molar-refractivity contribution in [2.75, 3.05) is 33.9 Å². The summed E-state index contributed by atoms with van der Waals surface area (Å²) in [5.41, 5.74) is 5.82. The molecule has 2 N–H and O–H groups in total. The second-order valence-electron chi connectivity index (χ2n) is 6.41. The lowest BCUT2D eigenvalue weighted by molar-refractivity contribution is -0.132. The molecule has 1 aliphatic rings. The summed E-state index contributed by atoms with van der Waals surface area (Å²) < 4.78 is 10.2. The van der Waals surface area contributed by atoms with Gasteiger partial charge in [-0.3, -0.25) is 9.69 Å². The Morgan fingerprint density at radius 2 is 2.16 bits per heavy atom. The molecule has 0 spiro atoms. The lowest BCUT2D eigenvalue weighted by Crippen LogP contribution is -2.46. The number of nitrogens with two attached hydrogens (primary N) is 1. The lowest BCUT2D eigenvalue weighted by atomic mass is 10.2. The summed E-state index contributed by atoms with van der Waals surface area (Å²) in [6.45, 7) is 6.27. The van der Waals surface area contributed by atoms with Crippen LogP contribution in [0.2, 0.25) is 0 Å². The summed E-state index contributed by atoms with van der Waals surface area (Å²) >= 11 is 0. The molecular weight excluding hydrogens is 369 g/mol. The van der Waals surface area contributed by atoms with Gasteiger partial charge in [0.05, 0.1) is 13.2 Å². The van der Waals surface area contributed by atoms with E-state index in [1.807, 2.05) is 20.9 Å². The SMILES string of the molecule is COCC(N)C(=O)N1CCC(N(C)Cc2noc(C(C)C)n2)C1.Cl.Cl. The van der Waals surface area contributed by atoms with Gasteiger partial charge >= 0.3 is 0 Å². The first-order valence-electron chi connectivity index (χ1n) is 7.98. The van der Waals surface area contributed by atoms with Crippen LogP contribution in [0.15, 0.2) is 4.52 Å². The maximum Gasteiger partial charge on any atom is 0.241 e. The van der Waals surface area contributed by atoms with E-state index in [0.29, 0.717) is 24.8 Å². The normalized spacial score (nSPS) is 18.2. The number of carbonyl (C=O) groups excluding carboxylic acids is 1. The number of nitrogens with zero attached hydrogens (tertiary/aromatic N) is 4. The minimum Gasteiger partial charge on any atom is -0.383 e. The number of hydrogen-bond acceptors (Lipinski definition) is 7. The van der Waals surface area contributed by atoms with E-state index in [0.717, 1.165) is 13.0 Å². The average molecular weight is 398 g/mol. The summed E-state index contributed by atoms with van der Waals surface area (Å²) in [6, 6.07) is -0.315. The zero-order valence-electron chi connectivity index (χ0n) is 15.2. The molecule has 0 aromatic carbocycles. The molecule has 1 aromatic rings. The maximum absolute atomic E-state index is 12.2. The zero-order valence-corrected chi connectivity index (χ0v) is 16.8. The number of halogens is 2. The van der Waals surface area contributed by atoms with Gasteiger partial charge in [0.25, 0.3) is 0 Å². The first-order valence-corrected chi connectivity index (χ1v) is 7.98. The third-order valence-electron chi connectivity index (χ3n) is 4.13. The summed E-state index contributed by atoms with van der Waals surface area (Å²) in [4.78, 5) is 20.6. The Hall–Kier alpha value is -0.930. The Bertz CT molecular complexity index is 529. The number of amides is 1. The topological polar surface area (TPSA) is 97.7 Å². The quantitative estimate of drug-likeness (QED) is 0.733. The van der Waals surface area contributed by atoms with Crippen molar-refractivity contribution in [3.05, 3.63) is 11.7 Å². The van der Waals surface area contributed by atoms with E-state index in [1.165, 1.54) is 0 Å². The van der Waals surface area contributed by atoms with E-state index in [2.05, 4.69) is 15.0 Å². The van der Waals surface area contributed by atoms with Crippen molar-refractivity contribution in [3.63, 3.8) is 0 Å². The van der Waals surface area contributed by atoms with Gasteiger partial charge in [0.15, 0.2) is 5.82 Å². The minimum atomic E-state index is -0.588. The fourth-order valence-corrected chi connectivity index (χ4v) is 2.71. The maximum atomic E-state index is 12.2. The molecule has 25 heavy (non-hydrogen) atoms. The molecule has 146 valence electrons. The van der Waals surface area contributed by atoms with Gasteiger partial charge in [-0.1, -0.05) is 19.0 Å². The van der Waals surface area contributed by atoms with Gasteiger partial charge in [0.2, 0.25) is 11.8 Å². The molecule has 2 rings (SSSR count). The number of methoxy groups -OCH3 is 1. The van der Waals surface area contributed by atoms with Crippen LogP contribution in [0.25, 0.3) is 0 Å². The lowest BCUT2D eigenvalue weighted by Gasteiger charge is -2.24. The van der Waals surface area contributed by atoms with Crippen molar-refractivity contribution in [3.8, 4) is 0 Å². The van der Waals surface area contributed by atoms with Crippen LogP contribution in [-0.2, 0) is 16.1 Å². The Balaban J connectivity index is 0.00000288. The van der Waals surface area contributed by atoms with Crippen LogP contribution < -0.4 is 5.73 Å². The van der Waals surface area contributed by atoms with Gasteiger partial charge in [-0.2, -0.15) is 4.98 Å². The Labute approximate surface area is 161 Å². The van der Waals surface area contributed by atoms with Crippen molar-refractivity contribution in [1.82, 2.24) is 19.9 Å². The van der Waals surface area contributed by atoms with E-state index in [9.17, 15) is 4.79 Å². The minimum absolute atomic E-state index is 0. The predicted octanol–water partition coefficient (Wildman–Crippen LogP) is 1.04. The molecule has 0 aliphatic carbocycles. The molecule has 2 unspecified atom stereocenters. The van der Waals surface area contributed by atoms with Crippen LogP contribution in [0, 0.1) is 0 Å². The molecule has 0 bridgehead atoms. The molecule has 1 aliphatic heterocycles. The van der Waals surface area contributed by atoms with Crippen molar-refractivity contribution in [2.24, 2.45) is 5.73 Å². The van der Waals surface area contributed by atoms with Gasteiger partial charge in [0.1, 0.15) is 6.04 Å². The Kier molecular flexibility index (Phi) is 10.5. The van der Waals surface area contributed by atoms with Crippen molar-refractivity contribution in [1.29, 1.82) is 0 Å². The largest absolute Gasteiger partial charge is 0.383 e. The predicted molar refractivity (Wildman–Crippen MR) is 99.2 cm³/mol. The molecule has 0 saturated carbocycles. The number of likely N-dealkylation sites (tertiary alicyclic amines) is 1. The third-order valence-corrected chi connectivity index (χ3v) is 4.13.